The van der Waals surface area contributed by atoms with E-state index in [0.717, 1.165) is 22.8 Å². The Balaban J connectivity index is 1.46. The molecule has 2 aliphatic heterocycles. The lowest BCUT2D eigenvalue weighted by Gasteiger charge is -2.12. The van der Waals surface area contributed by atoms with E-state index in [4.69, 9.17) is 9.47 Å². The number of halogens is 3. The topological polar surface area (TPSA) is 97.0 Å². The maximum absolute atomic E-state index is 14.3. The molecule has 30 heavy (non-hydrogen) atoms. The van der Waals surface area contributed by atoms with Gasteiger partial charge in [-0.15, -0.1) is 0 Å². The molecule has 0 aliphatic carbocycles. The Hall–Kier alpha value is -4.02. The average Bonchev–Trinajstić information content (AvgIpc) is 2.90. The molecule has 0 saturated carbocycles. The summed E-state index contributed by atoms with van der Waals surface area (Å²) in [6.45, 7) is 1.49. The summed E-state index contributed by atoms with van der Waals surface area (Å²) in [5, 5.41) is 13.5. The van der Waals surface area contributed by atoms with Gasteiger partial charge in [-0.05, 0) is 25.1 Å². The van der Waals surface area contributed by atoms with Crippen LogP contribution in [0, 0.1) is 24.4 Å². The second kappa shape index (κ2) is 6.79. The van der Waals surface area contributed by atoms with Gasteiger partial charge in [0, 0.05) is 17.1 Å². The third-order valence-electron chi connectivity index (χ3n) is 4.55. The number of nitrogens with zero attached hydrogens (tertiary/aromatic N) is 3. The van der Waals surface area contributed by atoms with Crippen molar-refractivity contribution < 1.29 is 22.6 Å². The first-order chi connectivity index (χ1) is 14.5. The van der Waals surface area contributed by atoms with Crippen molar-refractivity contribution in [2.45, 2.75) is 6.92 Å². The molecule has 0 atom stereocenters. The van der Waals surface area contributed by atoms with Crippen LogP contribution in [-0.2, 0) is 0 Å². The number of rotatable bonds is 4. The second-order valence-electron chi connectivity index (χ2n) is 6.50. The predicted octanol–water partition coefficient (Wildman–Crippen LogP) is 4.29. The van der Waals surface area contributed by atoms with Gasteiger partial charge in [-0.1, -0.05) is 0 Å². The number of H-pyrrole nitrogens is 1. The third kappa shape index (κ3) is 3.00. The molecule has 8 nitrogen and oxygen atoms in total. The molecule has 2 aliphatic rings. The van der Waals surface area contributed by atoms with Crippen molar-refractivity contribution in [1.29, 1.82) is 0 Å². The maximum Gasteiger partial charge on any atom is 0.231 e. The first-order valence-electron chi connectivity index (χ1n) is 8.78. The zero-order valence-corrected chi connectivity index (χ0v) is 15.4. The van der Waals surface area contributed by atoms with Crippen LogP contribution in [0.2, 0.25) is 0 Å². The van der Waals surface area contributed by atoms with E-state index in [2.05, 4.69) is 30.8 Å². The predicted molar refractivity (Wildman–Crippen MR) is 102 cm³/mol. The van der Waals surface area contributed by atoms with Crippen molar-refractivity contribution in [2.24, 2.45) is 0 Å². The summed E-state index contributed by atoms with van der Waals surface area (Å²) in [6.07, 6.45) is 0.955. The second-order valence-corrected chi connectivity index (χ2v) is 6.50. The largest absolute Gasteiger partial charge is 0.454 e. The molecule has 0 saturated heterocycles. The van der Waals surface area contributed by atoms with E-state index in [1.165, 1.54) is 6.07 Å². The highest BCUT2D eigenvalue weighted by molar-refractivity contribution is 5.85. The van der Waals surface area contributed by atoms with Crippen molar-refractivity contribution in [1.82, 2.24) is 20.2 Å². The zero-order valence-electron chi connectivity index (χ0n) is 15.4. The number of hydrogen-bond donors (Lipinski definition) is 3. The Morgan fingerprint density at radius 3 is 2.80 bits per heavy atom. The molecule has 0 radical (unpaired) electrons. The van der Waals surface area contributed by atoms with Crippen LogP contribution in [0.5, 0.6) is 11.5 Å². The van der Waals surface area contributed by atoms with Crippen LogP contribution in [0.1, 0.15) is 5.69 Å². The van der Waals surface area contributed by atoms with Gasteiger partial charge in [0.1, 0.15) is 0 Å². The van der Waals surface area contributed by atoms with Gasteiger partial charge in [-0.25, -0.2) is 9.37 Å². The first kappa shape index (κ1) is 18.0. The van der Waals surface area contributed by atoms with Gasteiger partial charge in [0.25, 0.3) is 0 Å². The smallest absolute Gasteiger partial charge is 0.231 e. The molecule has 4 heterocycles. The minimum atomic E-state index is -1.23. The number of ether oxygens (including phenoxy) is 2. The number of fused-ring (bicyclic) bond motifs is 5. The number of anilines is 4. The first-order valence-corrected chi connectivity index (χ1v) is 8.78. The highest BCUT2D eigenvalue weighted by Crippen LogP contribution is 2.39. The van der Waals surface area contributed by atoms with Crippen LogP contribution in [0.3, 0.4) is 0 Å². The molecule has 152 valence electrons. The summed E-state index contributed by atoms with van der Waals surface area (Å²) < 4.78 is 52.2. The highest BCUT2D eigenvalue weighted by atomic mass is 19.2. The highest BCUT2D eigenvalue weighted by Gasteiger charge is 2.25. The van der Waals surface area contributed by atoms with E-state index < -0.39 is 23.2 Å². The molecule has 0 fully saturated rings. The Bertz CT molecular complexity index is 1290. The van der Waals surface area contributed by atoms with Crippen LogP contribution in [-0.4, -0.2) is 27.0 Å². The molecule has 0 unspecified atom stereocenters. The Kier molecular flexibility index (Phi) is 4.09. The SMILES string of the molecule is Cc1n[nH]c2ccc(Nc3ncc(F)c(Nc4cc5c(F)c(F)c4OCO5)n3)cc12. The lowest BCUT2D eigenvalue weighted by Crippen LogP contribution is -2.05. The number of benzene rings is 2. The van der Waals surface area contributed by atoms with Gasteiger partial charge < -0.3 is 20.1 Å². The molecule has 4 aromatic rings. The monoisotopic (exact) mass is 414 g/mol. The van der Waals surface area contributed by atoms with E-state index in [0.29, 0.717) is 5.69 Å². The Morgan fingerprint density at radius 1 is 1.07 bits per heavy atom. The average molecular weight is 414 g/mol. The quantitative estimate of drug-likeness (QED) is 0.458. The Labute approximate surface area is 167 Å². The van der Waals surface area contributed by atoms with Crippen molar-refractivity contribution in [3.63, 3.8) is 0 Å². The molecule has 3 N–H and O–H groups in total. The van der Waals surface area contributed by atoms with Crippen molar-refractivity contribution in [3.8, 4) is 11.5 Å². The molecule has 2 bridgehead atoms. The van der Waals surface area contributed by atoms with Gasteiger partial charge in [0.05, 0.1) is 23.1 Å². The van der Waals surface area contributed by atoms with Crippen molar-refractivity contribution in [2.75, 3.05) is 17.4 Å². The van der Waals surface area contributed by atoms with Gasteiger partial charge in [-0.2, -0.15) is 18.9 Å². The summed E-state index contributed by atoms with van der Waals surface area (Å²) in [7, 11) is 0. The number of aromatic amines is 1. The number of hydrogen-bond acceptors (Lipinski definition) is 7. The van der Waals surface area contributed by atoms with Gasteiger partial charge in [0.15, 0.2) is 23.1 Å². The van der Waals surface area contributed by atoms with Crippen molar-refractivity contribution in [3.05, 3.63) is 53.6 Å². The van der Waals surface area contributed by atoms with E-state index >= 15 is 0 Å². The van der Waals surface area contributed by atoms with Gasteiger partial charge in [0.2, 0.25) is 24.4 Å². The molecule has 11 heteroatoms. The number of aryl methyl sites for hydroxylation is 1. The maximum atomic E-state index is 14.3. The lowest BCUT2D eigenvalue weighted by atomic mass is 10.2. The summed E-state index contributed by atoms with van der Waals surface area (Å²) >= 11 is 0. The lowest BCUT2D eigenvalue weighted by molar-refractivity contribution is 0.123. The van der Waals surface area contributed by atoms with E-state index in [1.807, 2.05) is 19.1 Å². The van der Waals surface area contributed by atoms with Crippen LogP contribution in [0.15, 0.2) is 30.5 Å². The van der Waals surface area contributed by atoms with Crippen LogP contribution in [0.4, 0.5) is 36.3 Å². The van der Waals surface area contributed by atoms with Crippen LogP contribution >= 0.6 is 0 Å². The van der Waals surface area contributed by atoms with E-state index in [1.54, 1.807) is 6.07 Å². The summed E-state index contributed by atoms with van der Waals surface area (Å²) in [5.74, 6) is -4.14. The van der Waals surface area contributed by atoms with Gasteiger partial charge >= 0.3 is 0 Å². The fourth-order valence-corrected chi connectivity index (χ4v) is 3.07. The normalized spacial score (nSPS) is 12.4. The standard InChI is InChI=1S/C19H13F3N6O2/c1-8-10-4-9(2-3-12(10)28-27-8)24-19-23-6-11(20)18(26-19)25-13-5-14-15(21)16(22)17(13)30-7-29-14/h2-6H,7H2,1H3,(H,27,28)(H2,23,24,25,26). The molecule has 0 spiro atoms. The zero-order chi connectivity index (χ0) is 20.8. The van der Waals surface area contributed by atoms with Crippen molar-refractivity contribution >= 4 is 34.0 Å². The van der Waals surface area contributed by atoms with E-state index in [9.17, 15) is 13.2 Å². The fourth-order valence-electron chi connectivity index (χ4n) is 3.07. The molecule has 0 amide bonds. The molecule has 2 aromatic carbocycles. The minimum absolute atomic E-state index is 0.0274. The number of nitrogens with one attached hydrogen (secondary N) is 3. The summed E-state index contributed by atoms with van der Waals surface area (Å²) in [4.78, 5) is 8.01. The van der Waals surface area contributed by atoms with E-state index in [-0.39, 0.29) is 30.0 Å². The van der Waals surface area contributed by atoms with Crippen LogP contribution < -0.4 is 20.1 Å². The molecule has 6 rings (SSSR count). The summed E-state index contributed by atoms with van der Waals surface area (Å²) in [6, 6.07) is 6.64. The fraction of sp³-hybridized carbons (Fsp3) is 0.105. The third-order valence-corrected chi connectivity index (χ3v) is 4.55. The molecule has 2 aromatic heterocycles. The Morgan fingerprint density at radius 2 is 1.93 bits per heavy atom. The van der Waals surface area contributed by atoms with Crippen LogP contribution in [0.25, 0.3) is 10.9 Å². The minimum Gasteiger partial charge on any atom is -0.454 e. The molecular formula is C19H13F3N6O2. The number of aromatic nitrogens is 4. The van der Waals surface area contributed by atoms with Gasteiger partial charge in [-0.3, -0.25) is 5.10 Å². The summed E-state index contributed by atoms with van der Waals surface area (Å²) in [5.41, 5.74) is 2.33. The molecular weight excluding hydrogens is 401 g/mol.